The van der Waals surface area contributed by atoms with E-state index in [-0.39, 0.29) is 11.8 Å². The fourth-order valence-electron chi connectivity index (χ4n) is 2.84. The van der Waals surface area contributed by atoms with Gasteiger partial charge in [0, 0.05) is 5.92 Å². The smallest absolute Gasteiger partial charge is 0.306 e. The highest BCUT2D eigenvalue weighted by Crippen LogP contribution is 2.37. The van der Waals surface area contributed by atoms with Crippen LogP contribution in [0.15, 0.2) is 18.2 Å². The van der Waals surface area contributed by atoms with Crippen molar-refractivity contribution in [3.05, 3.63) is 29.6 Å². The Morgan fingerprint density at radius 1 is 1.44 bits per heavy atom. The number of nitrogens with one attached hydrogen (secondary N) is 1. The van der Waals surface area contributed by atoms with Gasteiger partial charge in [0.15, 0.2) is 0 Å². The molecule has 2 atom stereocenters. The Morgan fingerprint density at radius 2 is 2.28 bits per heavy atom. The zero-order valence-electron chi connectivity index (χ0n) is 10.3. The number of carbonyl (C=O) groups is 1. The van der Waals surface area contributed by atoms with Crippen LogP contribution in [0.5, 0.6) is 0 Å². The van der Waals surface area contributed by atoms with Crippen LogP contribution < -0.4 is 0 Å². The van der Waals surface area contributed by atoms with Crippen LogP contribution in [-0.4, -0.2) is 21.0 Å². The lowest BCUT2D eigenvalue weighted by Gasteiger charge is -2.04. The van der Waals surface area contributed by atoms with Crippen molar-refractivity contribution in [1.82, 2.24) is 9.97 Å². The first-order chi connectivity index (χ1) is 8.65. The number of fused-ring (bicyclic) bond motifs is 1. The van der Waals surface area contributed by atoms with Gasteiger partial charge in [-0.1, -0.05) is 12.1 Å². The van der Waals surface area contributed by atoms with E-state index in [0.717, 1.165) is 35.3 Å². The molecule has 1 fully saturated rings. The minimum Gasteiger partial charge on any atom is -0.481 e. The van der Waals surface area contributed by atoms with Gasteiger partial charge in [0.05, 0.1) is 17.0 Å². The Kier molecular flexibility index (Phi) is 2.58. The average Bonchev–Trinajstić information content (AvgIpc) is 2.95. The molecule has 1 aliphatic carbocycles. The first kappa shape index (κ1) is 11.3. The number of aryl methyl sites for hydroxylation is 1. The molecule has 18 heavy (non-hydrogen) atoms. The average molecular weight is 244 g/mol. The van der Waals surface area contributed by atoms with Gasteiger partial charge in [-0.3, -0.25) is 4.79 Å². The van der Waals surface area contributed by atoms with Gasteiger partial charge in [0.1, 0.15) is 5.82 Å². The van der Waals surface area contributed by atoms with Crippen molar-refractivity contribution in [3.8, 4) is 0 Å². The van der Waals surface area contributed by atoms with Crippen molar-refractivity contribution < 1.29 is 9.90 Å². The summed E-state index contributed by atoms with van der Waals surface area (Å²) in [6.45, 7) is 2.04. The monoisotopic (exact) mass is 244 g/mol. The summed E-state index contributed by atoms with van der Waals surface area (Å²) in [5.41, 5.74) is 3.21. The van der Waals surface area contributed by atoms with Crippen LogP contribution in [0.2, 0.25) is 0 Å². The van der Waals surface area contributed by atoms with Crippen LogP contribution in [-0.2, 0) is 4.79 Å². The van der Waals surface area contributed by atoms with Gasteiger partial charge < -0.3 is 10.1 Å². The van der Waals surface area contributed by atoms with E-state index in [1.807, 2.05) is 25.1 Å². The Bertz CT molecular complexity index is 603. The third kappa shape index (κ3) is 1.78. The van der Waals surface area contributed by atoms with Crippen LogP contribution in [0.25, 0.3) is 11.0 Å². The summed E-state index contributed by atoms with van der Waals surface area (Å²) >= 11 is 0. The number of carboxylic acid groups (broad SMARTS) is 1. The predicted molar refractivity (Wildman–Crippen MR) is 68.5 cm³/mol. The third-order valence-corrected chi connectivity index (χ3v) is 3.90. The Morgan fingerprint density at radius 3 is 2.94 bits per heavy atom. The molecule has 0 radical (unpaired) electrons. The first-order valence-electron chi connectivity index (χ1n) is 6.33. The molecule has 1 heterocycles. The minimum absolute atomic E-state index is 0.204. The molecule has 1 aliphatic rings. The van der Waals surface area contributed by atoms with Gasteiger partial charge in [-0.25, -0.2) is 4.98 Å². The number of aliphatic carboxylic acids is 1. The Hall–Kier alpha value is -1.84. The summed E-state index contributed by atoms with van der Waals surface area (Å²) in [5.74, 6) is 0.329. The number of benzene rings is 1. The molecule has 3 rings (SSSR count). The highest BCUT2D eigenvalue weighted by atomic mass is 16.4. The molecule has 1 saturated carbocycles. The van der Waals surface area contributed by atoms with E-state index in [4.69, 9.17) is 5.11 Å². The van der Waals surface area contributed by atoms with Crippen LogP contribution in [0.3, 0.4) is 0 Å². The maximum absolute atomic E-state index is 11.0. The van der Waals surface area contributed by atoms with Crippen molar-refractivity contribution in [2.45, 2.75) is 32.1 Å². The lowest BCUT2D eigenvalue weighted by Crippen LogP contribution is -2.09. The Labute approximate surface area is 105 Å². The van der Waals surface area contributed by atoms with Gasteiger partial charge in [-0.15, -0.1) is 0 Å². The molecule has 2 unspecified atom stereocenters. The SMILES string of the molecule is Cc1cccc2[nH]c(C3CCC(C(=O)O)C3)nc12. The molecule has 1 aromatic heterocycles. The summed E-state index contributed by atoms with van der Waals surface area (Å²) in [5, 5.41) is 9.03. The largest absolute Gasteiger partial charge is 0.481 e. The molecule has 1 aromatic carbocycles. The van der Waals surface area contributed by atoms with E-state index >= 15 is 0 Å². The van der Waals surface area contributed by atoms with Gasteiger partial charge in [0.2, 0.25) is 0 Å². The van der Waals surface area contributed by atoms with Crippen molar-refractivity contribution >= 4 is 17.0 Å². The molecule has 2 aromatic rings. The lowest BCUT2D eigenvalue weighted by atomic mass is 10.0. The van der Waals surface area contributed by atoms with E-state index < -0.39 is 5.97 Å². The standard InChI is InChI=1S/C14H16N2O2/c1-8-3-2-4-11-12(8)16-13(15-11)9-5-6-10(7-9)14(17)18/h2-4,9-10H,5-7H2,1H3,(H,15,16)(H,17,18). The van der Waals surface area contributed by atoms with Gasteiger partial charge in [-0.05, 0) is 37.8 Å². The lowest BCUT2D eigenvalue weighted by molar-refractivity contribution is -0.141. The minimum atomic E-state index is -0.676. The quantitative estimate of drug-likeness (QED) is 0.853. The number of carboxylic acids is 1. The normalized spacial score (nSPS) is 23.6. The molecule has 4 nitrogen and oxygen atoms in total. The van der Waals surface area contributed by atoms with Crippen LogP contribution in [0.4, 0.5) is 0 Å². The van der Waals surface area contributed by atoms with Crippen molar-refractivity contribution in [2.75, 3.05) is 0 Å². The highest BCUT2D eigenvalue weighted by Gasteiger charge is 2.32. The molecule has 0 aliphatic heterocycles. The topological polar surface area (TPSA) is 66.0 Å². The summed E-state index contributed by atoms with van der Waals surface area (Å²) in [4.78, 5) is 18.9. The number of hydrogen-bond donors (Lipinski definition) is 2. The maximum atomic E-state index is 11.0. The number of rotatable bonds is 2. The van der Waals surface area contributed by atoms with Crippen molar-refractivity contribution in [1.29, 1.82) is 0 Å². The first-order valence-corrected chi connectivity index (χ1v) is 6.33. The number of H-pyrrole nitrogens is 1. The fraction of sp³-hybridized carbons (Fsp3) is 0.429. The maximum Gasteiger partial charge on any atom is 0.306 e. The summed E-state index contributed by atoms with van der Waals surface area (Å²) in [6.07, 6.45) is 2.38. The number of imidazole rings is 1. The summed E-state index contributed by atoms with van der Waals surface area (Å²) in [6, 6.07) is 6.07. The Balaban J connectivity index is 1.92. The second kappa shape index (κ2) is 4.12. The van der Waals surface area contributed by atoms with Gasteiger partial charge in [-0.2, -0.15) is 0 Å². The van der Waals surface area contributed by atoms with Crippen molar-refractivity contribution in [3.63, 3.8) is 0 Å². The van der Waals surface area contributed by atoms with E-state index in [9.17, 15) is 4.79 Å². The molecular formula is C14H16N2O2. The molecule has 0 amide bonds. The number of aromatic amines is 1. The molecule has 0 saturated heterocycles. The number of hydrogen-bond acceptors (Lipinski definition) is 2. The number of nitrogens with zero attached hydrogens (tertiary/aromatic N) is 1. The number of para-hydroxylation sites is 1. The van der Waals surface area contributed by atoms with E-state index in [1.54, 1.807) is 0 Å². The summed E-state index contributed by atoms with van der Waals surface area (Å²) in [7, 11) is 0. The number of aromatic nitrogens is 2. The zero-order chi connectivity index (χ0) is 12.7. The highest BCUT2D eigenvalue weighted by molar-refractivity contribution is 5.78. The third-order valence-electron chi connectivity index (χ3n) is 3.90. The van der Waals surface area contributed by atoms with E-state index in [0.29, 0.717) is 6.42 Å². The van der Waals surface area contributed by atoms with Crippen molar-refractivity contribution in [2.24, 2.45) is 5.92 Å². The second-order valence-corrected chi connectivity index (χ2v) is 5.14. The molecule has 0 bridgehead atoms. The van der Waals surface area contributed by atoms with E-state index in [2.05, 4.69) is 9.97 Å². The second-order valence-electron chi connectivity index (χ2n) is 5.14. The predicted octanol–water partition coefficient (Wildman–Crippen LogP) is 2.84. The zero-order valence-corrected chi connectivity index (χ0v) is 10.3. The fourth-order valence-corrected chi connectivity index (χ4v) is 2.84. The van der Waals surface area contributed by atoms with Crippen LogP contribution in [0.1, 0.15) is 36.6 Å². The molecule has 0 spiro atoms. The van der Waals surface area contributed by atoms with Crippen LogP contribution in [0, 0.1) is 12.8 Å². The van der Waals surface area contributed by atoms with E-state index in [1.165, 1.54) is 0 Å². The van der Waals surface area contributed by atoms with Crippen LogP contribution >= 0.6 is 0 Å². The molecule has 4 heteroatoms. The molecular weight excluding hydrogens is 228 g/mol. The molecule has 94 valence electrons. The summed E-state index contributed by atoms with van der Waals surface area (Å²) < 4.78 is 0. The van der Waals surface area contributed by atoms with Gasteiger partial charge in [0.25, 0.3) is 0 Å². The molecule has 2 N–H and O–H groups in total. The van der Waals surface area contributed by atoms with Gasteiger partial charge >= 0.3 is 5.97 Å².